The summed E-state index contributed by atoms with van der Waals surface area (Å²) in [6, 6.07) is 19.6. The molecule has 0 bridgehead atoms. The van der Waals surface area contributed by atoms with Crippen molar-refractivity contribution in [3.05, 3.63) is 71.9 Å². The largest absolute Gasteiger partial charge is 0.351 e. The summed E-state index contributed by atoms with van der Waals surface area (Å²) in [7, 11) is 2.09. The summed E-state index contributed by atoms with van der Waals surface area (Å²) < 4.78 is 2.16. The van der Waals surface area contributed by atoms with Gasteiger partial charge in [-0.2, -0.15) is 0 Å². The van der Waals surface area contributed by atoms with E-state index in [4.69, 9.17) is 0 Å². The Balaban J connectivity index is 2.04. The fraction of sp³-hybridized carbons (Fsp3) is 0.176. The van der Waals surface area contributed by atoms with Crippen molar-refractivity contribution < 1.29 is 0 Å². The second-order valence-electron chi connectivity index (χ2n) is 4.88. The Kier molecular flexibility index (Phi) is 2.67. The van der Waals surface area contributed by atoms with Crippen LogP contribution in [0, 0.1) is 0 Å². The summed E-state index contributed by atoms with van der Waals surface area (Å²) in [4.78, 5) is 0. The fourth-order valence-corrected chi connectivity index (χ4v) is 2.50. The predicted molar refractivity (Wildman–Crippen MR) is 76.9 cm³/mol. The molecule has 3 rings (SSSR count). The van der Waals surface area contributed by atoms with Crippen LogP contribution in [0.1, 0.15) is 24.0 Å². The smallest absolute Gasteiger partial charge is 0.0477 e. The second-order valence-corrected chi connectivity index (χ2v) is 4.88. The van der Waals surface area contributed by atoms with Gasteiger partial charge in [0.05, 0.1) is 0 Å². The molecule has 0 spiro atoms. The van der Waals surface area contributed by atoms with Crippen LogP contribution in [-0.4, -0.2) is 4.57 Å². The van der Waals surface area contributed by atoms with Crippen molar-refractivity contribution in [2.75, 3.05) is 0 Å². The first-order chi connectivity index (χ1) is 8.75. The molecule has 0 unspecified atom stereocenters. The van der Waals surface area contributed by atoms with Gasteiger partial charge in [0.15, 0.2) is 0 Å². The summed E-state index contributed by atoms with van der Waals surface area (Å²) in [6.45, 7) is 2.26. The molecular formula is C17H17N. The van der Waals surface area contributed by atoms with Crippen LogP contribution in [0.4, 0.5) is 0 Å². The SMILES string of the molecule is C[C@@H](c1ccccc1)c1ccc2c(ccn2C)c1. The Bertz CT molecular complexity index is 664. The van der Waals surface area contributed by atoms with Gasteiger partial charge < -0.3 is 4.57 Å². The highest BCUT2D eigenvalue weighted by atomic mass is 14.9. The van der Waals surface area contributed by atoms with Gasteiger partial charge in [-0.3, -0.25) is 0 Å². The first-order valence-electron chi connectivity index (χ1n) is 6.35. The first kappa shape index (κ1) is 11.1. The molecule has 0 amide bonds. The standard InChI is InChI=1S/C17H17N/c1-13(14-6-4-3-5-7-14)15-8-9-17-16(12-15)10-11-18(17)2/h3-13H,1-2H3/t13-/m0/s1. The zero-order valence-corrected chi connectivity index (χ0v) is 10.8. The van der Waals surface area contributed by atoms with Crippen molar-refractivity contribution in [2.45, 2.75) is 12.8 Å². The summed E-state index contributed by atoms with van der Waals surface area (Å²) in [5.74, 6) is 0.441. The molecular weight excluding hydrogens is 218 g/mol. The molecule has 0 aliphatic carbocycles. The van der Waals surface area contributed by atoms with Gasteiger partial charge in [-0.15, -0.1) is 0 Å². The molecule has 0 aliphatic heterocycles. The van der Waals surface area contributed by atoms with Crippen LogP contribution < -0.4 is 0 Å². The maximum Gasteiger partial charge on any atom is 0.0477 e. The number of fused-ring (bicyclic) bond motifs is 1. The van der Waals surface area contributed by atoms with Gasteiger partial charge in [0.1, 0.15) is 0 Å². The Hall–Kier alpha value is -2.02. The van der Waals surface area contributed by atoms with E-state index < -0.39 is 0 Å². The number of nitrogens with zero attached hydrogens (tertiary/aromatic N) is 1. The molecule has 1 atom stereocenters. The molecule has 0 N–H and O–H groups in total. The van der Waals surface area contributed by atoms with E-state index in [-0.39, 0.29) is 0 Å². The van der Waals surface area contributed by atoms with Crippen molar-refractivity contribution in [1.82, 2.24) is 4.57 Å². The van der Waals surface area contributed by atoms with Crippen molar-refractivity contribution in [1.29, 1.82) is 0 Å². The molecule has 90 valence electrons. The topological polar surface area (TPSA) is 4.93 Å². The van der Waals surface area contributed by atoms with E-state index in [0.29, 0.717) is 5.92 Å². The maximum atomic E-state index is 2.30. The van der Waals surface area contributed by atoms with Crippen LogP contribution in [0.2, 0.25) is 0 Å². The fourth-order valence-electron chi connectivity index (χ4n) is 2.50. The summed E-state index contributed by atoms with van der Waals surface area (Å²) >= 11 is 0. The molecule has 1 nitrogen and oxygen atoms in total. The Labute approximate surface area is 108 Å². The van der Waals surface area contributed by atoms with Crippen LogP contribution >= 0.6 is 0 Å². The van der Waals surface area contributed by atoms with E-state index in [1.54, 1.807) is 0 Å². The number of aryl methyl sites for hydroxylation is 1. The van der Waals surface area contributed by atoms with Crippen LogP contribution in [0.25, 0.3) is 10.9 Å². The highest BCUT2D eigenvalue weighted by molar-refractivity contribution is 5.81. The van der Waals surface area contributed by atoms with Crippen LogP contribution in [0.3, 0.4) is 0 Å². The van der Waals surface area contributed by atoms with E-state index in [9.17, 15) is 0 Å². The van der Waals surface area contributed by atoms with E-state index >= 15 is 0 Å². The van der Waals surface area contributed by atoms with Crippen molar-refractivity contribution >= 4 is 10.9 Å². The molecule has 0 saturated heterocycles. The van der Waals surface area contributed by atoms with Crippen molar-refractivity contribution in [3.8, 4) is 0 Å². The lowest BCUT2D eigenvalue weighted by molar-refractivity contribution is 0.923. The van der Waals surface area contributed by atoms with E-state index in [1.165, 1.54) is 22.0 Å². The summed E-state index contributed by atoms with van der Waals surface area (Å²) in [5, 5.41) is 1.32. The van der Waals surface area contributed by atoms with Gasteiger partial charge in [-0.05, 0) is 34.7 Å². The lowest BCUT2D eigenvalue weighted by Gasteiger charge is -2.12. The third-order valence-corrected chi connectivity index (χ3v) is 3.71. The van der Waals surface area contributed by atoms with E-state index in [2.05, 4.69) is 79.3 Å². The first-order valence-corrected chi connectivity index (χ1v) is 6.35. The predicted octanol–water partition coefficient (Wildman–Crippen LogP) is 4.33. The molecule has 0 radical (unpaired) electrons. The van der Waals surface area contributed by atoms with Crippen LogP contribution in [0.5, 0.6) is 0 Å². The Morgan fingerprint density at radius 1 is 0.889 bits per heavy atom. The zero-order chi connectivity index (χ0) is 12.5. The Morgan fingerprint density at radius 3 is 2.44 bits per heavy atom. The molecule has 2 aromatic carbocycles. The minimum Gasteiger partial charge on any atom is -0.351 e. The average Bonchev–Trinajstić information content (AvgIpc) is 2.80. The van der Waals surface area contributed by atoms with Gasteiger partial charge in [0.25, 0.3) is 0 Å². The summed E-state index contributed by atoms with van der Waals surface area (Å²) in [5.41, 5.74) is 4.03. The monoisotopic (exact) mass is 235 g/mol. The lowest BCUT2D eigenvalue weighted by atomic mass is 9.92. The summed E-state index contributed by atoms with van der Waals surface area (Å²) in [6.07, 6.45) is 2.11. The average molecular weight is 235 g/mol. The zero-order valence-electron chi connectivity index (χ0n) is 10.8. The number of benzene rings is 2. The quantitative estimate of drug-likeness (QED) is 0.623. The van der Waals surface area contributed by atoms with Crippen molar-refractivity contribution in [2.24, 2.45) is 7.05 Å². The molecule has 18 heavy (non-hydrogen) atoms. The number of rotatable bonds is 2. The molecule has 3 aromatic rings. The minimum atomic E-state index is 0.441. The number of hydrogen-bond acceptors (Lipinski definition) is 0. The molecule has 0 fully saturated rings. The second kappa shape index (κ2) is 4.34. The van der Waals surface area contributed by atoms with Crippen molar-refractivity contribution in [3.63, 3.8) is 0 Å². The van der Waals surface area contributed by atoms with Gasteiger partial charge in [0, 0.05) is 24.7 Å². The van der Waals surface area contributed by atoms with Crippen LogP contribution in [-0.2, 0) is 7.05 Å². The number of hydrogen-bond donors (Lipinski definition) is 0. The molecule has 0 saturated carbocycles. The lowest BCUT2D eigenvalue weighted by Crippen LogP contribution is -1.95. The van der Waals surface area contributed by atoms with Gasteiger partial charge >= 0.3 is 0 Å². The third-order valence-electron chi connectivity index (χ3n) is 3.71. The van der Waals surface area contributed by atoms with E-state index in [0.717, 1.165) is 0 Å². The van der Waals surface area contributed by atoms with E-state index in [1.807, 2.05) is 0 Å². The molecule has 1 heteroatoms. The van der Waals surface area contributed by atoms with Gasteiger partial charge in [-0.25, -0.2) is 0 Å². The Morgan fingerprint density at radius 2 is 1.67 bits per heavy atom. The van der Waals surface area contributed by atoms with Gasteiger partial charge in [-0.1, -0.05) is 43.3 Å². The highest BCUT2D eigenvalue weighted by Gasteiger charge is 2.09. The highest BCUT2D eigenvalue weighted by Crippen LogP contribution is 2.27. The molecule has 1 aromatic heterocycles. The third kappa shape index (κ3) is 1.82. The normalized spacial score (nSPS) is 12.8. The van der Waals surface area contributed by atoms with Crippen LogP contribution in [0.15, 0.2) is 60.8 Å². The molecule has 1 heterocycles. The maximum absolute atomic E-state index is 2.30. The number of aromatic nitrogens is 1. The minimum absolute atomic E-state index is 0.441. The van der Waals surface area contributed by atoms with Gasteiger partial charge in [0.2, 0.25) is 0 Å². The molecule has 0 aliphatic rings.